The molecule has 0 saturated carbocycles. The third-order valence-corrected chi connectivity index (χ3v) is 6.01. The first-order valence-electron chi connectivity index (χ1n) is 8.11. The molecular formula is C18H15F3N4O3S. The van der Waals surface area contributed by atoms with E-state index in [0.717, 1.165) is 18.6 Å². The highest BCUT2D eigenvalue weighted by molar-refractivity contribution is 7.91. The van der Waals surface area contributed by atoms with Gasteiger partial charge in [-0.1, -0.05) is 0 Å². The van der Waals surface area contributed by atoms with Gasteiger partial charge in [-0.3, -0.25) is 0 Å². The van der Waals surface area contributed by atoms with Crippen LogP contribution >= 0.6 is 0 Å². The van der Waals surface area contributed by atoms with Crippen molar-refractivity contribution in [3.8, 4) is 11.4 Å². The molecule has 2 heterocycles. The summed E-state index contributed by atoms with van der Waals surface area (Å²) in [6, 6.07) is 8.20. The molecule has 2 aromatic heterocycles. The molecule has 7 nitrogen and oxygen atoms in total. The number of anilines is 1. The summed E-state index contributed by atoms with van der Waals surface area (Å²) >= 11 is 0. The van der Waals surface area contributed by atoms with Crippen LogP contribution in [0, 0.1) is 0 Å². The number of aliphatic hydroxyl groups is 1. The van der Waals surface area contributed by atoms with Crippen molar-refractivity contribution in [2.24, 2.45) is 0 Å². The monoisotopic (exact) mass is 424 g/mol. The lowest BCUT2D eigenvalue weighted by Gasteiger charge is -2.25. The fourth-order valence-electron chi connectivity index (χ4n) is 2.36. The number of hydrogen-bond acceptors (Lipinski definition) is 7. The van der Waals surface area contributed by atoms with Crippen molar-refractivity contribution in [2.75, 3.05) is 5.73 Å². The lowest BCUT2D eigenvalue weighted by molar-refractivity contribution is -0.259. The smallest absolute Gasteiger partial charge is 0.384 e. The van der Waals surface area contributed by atoms with Gasteiger partial charge in [-0.25, -0.2) is 23.4 Å². The lowest BCUT2D eigenvalue weighted by Crippen LogP contribution is -2.39. The van der Waals surface area contributed by atoms with E-state index in [1.165, 1.54) is 36.4 Å². The molecule has 1 atom stereocenters. The summed E-state index contributed by atoms with van der Waals surface area (Å²) in [4.78, 5) is 11.4. The summed E-state index contributed by atoms with van der Waals surface area (Å²) in [5.41, 5.74) is 2.25. The quantitative estimate of drug-likeness (QED) is 0.661. The minimum atomic E-state index is -4.88. The van der Waals surface area contributed by atoms with Gasteiger partial charge in [0.05, 0.1) is 9.79 Å². The van der Waals surface area contributed by atoms with Gasteiger partial charge in [-0.05, 0) is 43.3 Å². The van der Waals surface area contributed by atoms with Gasteiger partial charge < -0.3 is 10.8 Å². The van der Waals surface area contributed by atoms with Crippen LogP contribution in [0.3, 0.4) is 0 Å². The van der Waals surface area contributed by atoms with Crippen LogP contribution in [0.2, 0.25) is 0 Å². The lowest BCUT2D eigenvalue weighted by atomic mass is 9.98. The molecule has 0 aliphatic rings. The molecule has 0 fully saturated rings. The minimum Gasteiger partial charge on any atom is -0.384 e. The van der Waals surface area contributed by atoms with Gasteiger partial charge in [0.1, 0.15) is 5.82 Å². The van der Waals surface area contributed by atoms with Crippen LogP contribution in [-0.4, -0.2) is 34.7 Å². The second-order valence-electron chi connectivity index (χ2n) is 6.31. The first-order valence-corrected chi connectivity index (χ1v) is 9.60. The van der Waals surface area contributed by atoms with Crippen LogP contribution in [0.1, 0.15) is 12.5 Å². The highest BCUT2D eigenvalue weighted by Gasteiger charge is 2.51. The molecule has 0 aliphatic heterocycles. The van der Waals surface area contributed by atoms with Crippen molar-refractivity contribution in [2.45, 2.75) is 28.5 Å². The standard InChI is InChI=1S/C18H15F3N4O3S/c1-17(26,18(19,20)21)12-8-24-16(25-9-12)11-2-4-13(5-3-11)29(27,28)14-6-7-15(22)23-10-14/h2-10,26H,1H3,(H2,22,23). The number of aromatic nitrogens is 3. The molecule has 11 heteroatoms. The molecule has 0 aliphatic carbocycles. The van der Waals surface area contributed by atoms with Crippen LogP contribution in [0.15, 0.2) is 64.8 Å². The maximum Gasteiger partial charge on any atom is 0.421 e. The molecule has 1 unspecified atom stereocenters. The number of benzene rings is 1. The molecule has 29 heavy (non-hydrogen) atoms. The highest BCUT2D eigenvalue weighted by Crippen LogP contribution is 2.38. The van der Waals surface area contributed by atoms with E-state index in [1.54, 1.807) is 0 Å². The molecule has 0 radical (unpaired) electrons. The molecule has 0 bridgehead atoms. The van der Waals surface area contributed by atoms with Gasteiger partial charge in [0, 0.05) is 29.7 Å². The fraction of sp³-hybridized carbons (Fsp3) is 0.167. The van der Waals surface area contributed by atoms with E-state index < -0.39 is 27.2 Å². The van der Waals surface area contributed by atoms with Crippen LogP contribution in [0.5, 0.6) is 0 Å². The largest absolute Gasteiger partial charge is 0.421 e. The number of rotatable bonds is 4. The molecule has 3 rings (SSSR count). The Labute approximate surface area is 164 Å². The average Bonchev–Trinajstić information content (AvgIpc) is 2.68. The summed E-state index contributed by atoms with van der Waals surface area (Å²) in [6.07, 6.45) is -1.99. The predicted octanol–water partition coefficient (Wildman–Crippen LogP) is 2.72. The third-order valence-electron chi connectivity index (χ3n) is 4.26. The Kier molecular flexibility index (Phi) is 5.05. The van der Waals surface area contributed by atoms with E-state index in [4.69, 9.17) is 5.73 Å². The van der Waals surface area contributed by atoms with Crippen molar-refractivity contribution in [3.63, 3.8) is 0 Å². The molecule has 0 spiro atoms. The Morgan fingerprint density at radius 1 is 0.897 bits per heavy atom. The van der Waals surface area contributed by atoms with Gasteiger partial charge >= 0.3 is 6.18 Å². The summed E-state index contributed by atoms with van der Waals surface area (Å²) in [6.45, 7) is 0.608. The van der Waals surface area contributed by atoms with E-state index in [-0.39, 0.29) is 21.4 Å². The number of hydrogen-bond donors (Lipinski definition) is 2. The minimum absolute atomic E-state index is 0.00977. The molecule has 0 amide bonds. The molecule has 3 N–H and O–H groups in total. The Hall–Kier alpha value is -3.05. The zero-order valence-electron chi connectivity index (χ0n) is 14.9. The third kappa shape index (κ3) is 3.91. The van der Waals surface area contributed by atoms with E-state index in [9.17, 15) is 26.7 Å². The fourth-order valence-corrected chi connectivity index (χ4v) is 3.57. The predicted molar refractivity (Wildman–Crippen MR) is 97.2 cm³/mol. The van der Waals surface area contributed by atoms with Crippen LogP contribution in [0.4, 0.5) is 19.0 Å². The summed E-state index contributed by atoms with van der Waals surface area (Å²) in [7, 11) is -3.81. The molecule has 3 aromatic rings. The Morgan fingerprint density at radius 3 is 1.93 bits per heavy atom. The maximum atomic E-state index is 12.9. The second kappa shape index (κ2) is 7.08. The summed E-state index contributed by atoms with van der Waals surface area (Å²) < 4.78 is 63.9. The first-order chi connectivity index (χ1) is 13.4. The second-order valence-corrected chi connectivity index (χ2v) is 8.26. The molecular weight excluding hydrogens is 409 g/mol. The molecule has 0 saturated heterocycles. The number of halogens is 3. The number of nitrogens with zero attached hydrogens (tertiary/aromatic N) is 3. The summed E-state index contributed by atoms with van der Waals surface area (Å²) in [5, 5.41) is 9.65. The number of nitrogens with two attached hydrogens (primary N) is 1. The van der Waals surface area contributed by atoms with Crippen LogP contribution in [0.25, 0.3) is 11.4 Å². The number of sulfone groups is 1. The van der Waals surface area contributed by atoms with E-state index in [1.807, 2.05) is 0 Å². The van der Waals surface area contributed by atoms with E-state index >= 15 is 0 Å². The zero-order valence-corrected chi connectivity index (χ0v) is 15.7. The van der Waals surface area contributed by atoms with Gasteiger partial charge in [-0.2, -0.15) is 13.2 Å². The SMILES string of the molecule is CC(O)(c1cnc(-c2ccc(S(=O)(=O)c3ccc(N)nc3)cc2)nc1)C(F)(F)F. The normalized spacial score (nSPS) is 14.4. The molecule has 1 aromatic carbocycles. The first kappa shape index (κ1) is 20.7. The number of nitrogen functional groups attached to an aromatic ring is 1. The summed E-state index contributed by atoms with van der Waals surface area (Å²) in [5.74, 6) is 0.259. The van der Waals surface area contributed by atoms with Crippen LogP contribution < -0.4 is 5.73 Å². The van der Waals surface area contributed by atoms with E-state index in [2.05, 4.69) is 15.0 Å². The van der Waals surface area contributed by atoms with Gasteiger partial charge in [0.15, 0.2) is 11.4 Å². The zero-order chi connectivity index (χ0) is 21.4. The maximum absolute atomic E-state index is 12.9. The Balaban J connectivity index is 1.88. The number of alkyl halides is 3. The molecule has 152 valence electrons. The van der Waals surface area contributed by atoms with E-state index in [0.29, 0.717) is 12.5 Å². The van der Waals surface area contributed by atoms with Gasteiger partial charge in [-0.15, -0.1) is 0 Å². The Morgan fingerprint density at radius 2 is 1.45 bits per heavy atom. The Bertz CT molecular complexity index is 1110. The van der Waals surface area contributed by atoms with Crippen molar-refractivity contribution in [1.82, 2.24) is 15.0 Å². The topological polar surface area (TPSA) is 119 Å². The van der Waals surface area contributed by atoms with Crippen molar-refractivity contribution < 1.29 is 26.7 Å². The average molecular weight is 424 g/mol. The number of pyridine rings is 1. The van der Waals surface area contributed by atoms with Crippen LogP contribution in [-0.2, 0) is 15.4 Å². The van der Waals surface area contributed by atoms with Gasteiger partial charge in [0.25, 0.3) is 0 Å². The highest BCUT2D eigenvalue weighted by atomic mass is 32.2. The van der Waals surface area contributed by atoms with Gasteiger partial charge in [0.2, 0.25) is 9.84 Å². The van der Waals surface area contributed by atoms with Crippen molar-refractivity contribution in [1.29, 1.82) is 0 Å². The van der Waals surface area contributed by atoms with Crippen molar-refractivity contribution in [3.05, 3.63) is 60.6 Å². The van der Waals surface area contributed by atoms with Crippen molar-refractivity contribution >= 4 is 15.7 Å².